The summed E-state index contributed by atoms with van der Waals surface area (Å²) in [5, 5.41) is 10.6. The molecule has 2 aromatic rings. The largest absolute Gasteiger partial charge is 0.388 e. The Morgan fingerprint density at radius 2 is 1.70 bits per heavy atom. The summed E-state index contributed by atoms with van der Waals surface area (Å²) in [6.07, 6.45) is -0.810. The molecule has 20 heavy (non-hydrogen) atoms. The highest BCUT2D eigenvalue weighted by atomic mass is 19.1. The number of aliphatic hydroxyl groups is 1. The Morgan fingerprint density at radius 1 is 1.10 bits per heavy atom. The van der Waals surface area contributed by atoms with Gasteiger partial charge in [0.25, 0.3) is 0 Å². The van der Waals surface area contributed by atoms with Gasteiger partial charge in [-0.25, -0.2) is 4.39 Å². The molecule has 0 amide bonds. The van der Waals surface area contributed by atoms with E-state index in [-0.39, 0.29) is 12.4 Å². The molecule has 0 bridgehead atoms. The number of aliphatic hydroxyl groups excluding tert-OH is 1. The van der Waals surface area contributed by atoms with Crippen LogP contribution >= 0.6 is 0 Å². The predicted molar refractivity (Wildman–Crippen MR) is 79.1 cm³/mol. The maximum Gasteiger partial charge on any atom is 0.126 e. The van der Waals surface area contributed by atoms with Crippen molar-refractivity contribution in [3.05, 3.63) is 70.5 Å². The quantitative estimate of drug-likeness (QED) is 0.898. The molecule has 0 spiro atoms. The van der Waals surface area contributed by atoms with Crippen LogP contribution in [0.5, 0.6) is 0 Å². The second-order valence-corrected chi connectivity index (χ2v) is 5.23. The van der Waals surface area contributed by atoms with E-state index in [0.29, 0.717) is 5.56 Å². The number of benzene rings is 2. The van der Waals surface area contributed by atoms with Crippen molar-refractivity contribution in [1.29, 1.82) is 0 Å². The van der Waals surface area contributed by atoms with Crippen molar-refractivity contribution in [1.82, 2.24) is 0 Å². The Hall–Kier alpha value is -1.71. The Bertz CT molecular complexity index is 577. The molecule has 0 aliphatic rings. The van der Waals surface area contributed by atoms with Gasteiger partial charge < -0.3 is 10.8 Å². The van der Waals surface area contributed by atoms with Crippen molar-refractivity contribution < 1.29 is 9.50 Å². The minimum absolute atomic E-state index is 0.190. The van der Waals surface area contributed by atoms with Crippen molar-refractivity contribution in [3.63, 3.8) is 0 Å². The molecule has 2 rings (SSSR count). The summed E-state index contributed by atoms with van der Waals surface area (Å²) < 4.78 is 13.9. The highest BCUT2D eigenvalue weighted by Crippen LogP contribution is 2.32. The van der Waals surface area contributed by atoms with Crippen LogP contribution in [0.2, 0.25) is 0 Å². The molecule has 2 nitrogen and oxygen atoms in total. The van der Waals surface area contributed by atoms with Crippen molar-refractivity contribution in [2.24, 2.45) is 5.73 Å². The SMILES string of the molecule is Cc1cc(C)cc(C(O)C(CN)c2ccccc2F)c1. The molecule has 2 unspecified atom stereocenters. The highest BCUT2D eigenvalue weighted by Gasteiger charge is 2.24. The highest BCUT2D eigenvalue weighted by molar-refractivity contribution is 5.33. The van der Waals surface area contributed by atoms with Gasteiger partial charge in [0.1, 0.15) is 5.82 Å². The van der Waals surface area contributed by atoms with Crippen LogP contribution in [0.3, 0.4) is 0 Å². The van der Waals surface area contributed by atoms with E-state index in [0.717, 1.165) is 16.7 Å². The second kappa shape index (κ2) is 6.16. The molecular formula is C17H20FNO. The molecule has 0 saturated carbocycles. The number of hydrogen-bond donors (Lipinski definition) is 2. The summed E-state index contributed by atoms with van der Waals surface area (Å²) >= 11 is 0. The number of rotatable bonds is 4. The molecule has 0 aliphatic carbocycles. The summed E-state index contributed by atoms with van der Waals surface area (Å²) in [6.45, 7) is 4.14. The Kier molecular flexibility index (Phi) is 4.53. The summed E-state index contributed by atoms with van der Waals surface area (Å²) in [5.74, 6) is -0.774. The van der Waals surface area contributed by atoms with Gasteiger partial charge in [0, 0.05) is 12.5 Å². The van der Waals surface area contributed by atoms with Gasteiger partial charge in [-0.15, -0.1) is 0 Å². The standard InChI is InChI=1S/C17H20FNO/c1-11-7-12(2)9-13(8-11)17(20)15(10-19)14-5-3-4-6-16(14)18/h3-9,15,17,20H,10,19H2,1-2H3. The lowest BCUT2D eigenvalue weighted by Crippen LogP contribution is -2.21. The summed E-state index contributed by atoms with van der Waals surface area (Å²) in [5.41, 5.74) is 9.15. The molecule has 0 fully saturated rings. The van der Waals surface area contributed by atoms with E-state index in [1.54, 1.807) is 18.2 Å². The lowest BCUT2D eigenvalue weighted by Gasteiger charge is -2.23. The van der Waals surface area contributed by atoms with Gasteiger partial charge >= 0.3 is 0 Å². The van der Waals surface area contributed by atoms with Crippen LogP contribution in [0.1, 0.15) is 34.3 Å². The van der Waals surface area contributed by atoms with Crippen molar-refractivity contribution in [3.8, 4) is 0 Å². The van der Waals surface area contributed by atoms with E-state index in [9.17, 15) is 9.50 Å². The molecule has 3 N–H and O–H groups in total. The van der Waals surface area contributed by atoms with E-state index in [1.807, 2.05) is 32.0 Å². The molecular weight excluding hydrogens is 253 g/mol. The normalized spacial score (nSPS) is 14.1. The fraction of sp³-hybridized carbons (Fsp3) is 0.294. The maximum atomic E-state index is 13.9. The monoisotopic (exact) mass is 273 g/mol. The number of hydrogen-bond acceptors (Lipinski definition) is 2. The third-order valence-electron chi connectivity index (χ3n) is 3.53. The number of aryl methyl sites for hydroxylation is 2. The summed E-state index contributed by atoms with van der Waals surface area (Å²) in [4.78, 5) is 0. The second-order valence-electron chi connectivity index (χ2n) is 5.23. The third kappa shape index (κ3) is 3.06. The van der Waals surface area contributed by atoms with Crippen molar-refractivity contribution >= 4 is 0 Å². The van der Waals surface area contributed by atoms with Crippen LogP contribution in [0.25, 0.3) is 0 Å². The van der Waals surface area contributed by atoms with Crippen molar-refractivity contribution in [2.45, 2.75) is 25.9 Å². The van der Waals surface area contributed by atoms with Crippen LogP contribution in [0.15, 0.2) is 42.5 Å². The van der Waals surface area contributed by atoms with Gasteiger partial charge in [-0.05, 0) is 31.0 Å². The van der Waals surface area contributed by atoms with Crippen LogP contribution in [0.4, 0.5) is 4.39 Å². The van der Waals surface area contributed by atoms with Gasteiger partial charge in [0.15, 0.2) is 0 Å². The zero-order valence-electron chi connectivity index (χ0n) is 11.8. The first-order valence-corrected chi connectivity index (χ1v) is 6.73. The Labute approximate surface area is 119 Å². The van der Waals surface area contributed by atoms with E-state index in [2.05, 4.69) is 0 Å². The van der Waals surface area contributed by atoms with Gasteiger partial charge in [-0.1, -0.05) is 47.5 Å². The minimum Gasteiger partial charge on any atom is -0.388 e. The van der Waals surface area contributed by atoms with Gasteiger partial charge in [-0.3, -0.25) is 0 Å². The summed E-state index contributed by atoms with van der Waals surface area (Å²) in [6, 6.07) is 12.3. The fourth-order valence-electron chi connectivity index (χ4n) is 2.61. The fourth-order valence-corrected chi connectivity index (χ4v) is 2.61. The van der Waals surface area contributed by atoms with Gasteiger partial charge in [0.2, 0.25) is 0 Å². The Balaban J connectivity index is 2.39. The molecule has 0 saturated heterocycles. The van der Waals surface area contributed by atoms with E-state index in [1.165, 1.54) is 6.07 Å². The molecule has 0 heterocycles. The van der Waals surface area contributed by atoms with Gasteiger partial charge in [0.05, 0.1) is 6.10 Å². The van der Waals surface area contributed by atoms with Gasteiger partial charge in [-0.2, -0.15) is 0 Å². The molecule has 2 atom stereocenters. The average molecular weight is 273 g/mol. The van der Waals surface area contributed by atoms with Crippen molar-refractivity contribution in [2.75, 3.05) is 6.54 Å². The molecule has 0 aromatic heterocycles. The number of nitrogens with two attached hydrogens (primary N) is 1. The smallest absolute Gasteiger partial charge is 0.126 e. The van der Waals surface area contributed by atoms with E-state index in [4.69, 9.17) is 5.73 Å². The summed E-state index contributed by atoms with van der Waals surface area (Å²) in [7, 11) is 0. The van der Waals surface area contributed by atoms with E-state index >= 15 is 0 Å². The molecule has 3 heteroatoms. The zero-order valence-corrected chi connectivity index (χ0v) is 11.8. The Morgan fingerprint density at radius 3 is 2.25 bits per heavy atom. The number of halogens is 1. The first-order valence-electron chi connectivity index (χ1n) is 6.73. The molecule has 0 radical (unpaired) electrons. The molecule has 0 aliphatic heterocycles. The van der Waals surface area contributed by atoms with Crippen LogP contribution < -0.4 is 5.73 Å². The minimum atomic E-state index is -0.810. The van der Waals surface area contributed by atoms with Crippen LogP contribution in [0, 0.1) is 19.7 Å². The first kappa shape index (κ1) is 14.7. The molecule has 106 valence electrons. The first-order chi connectivity index (χ1) is 9.52. The predicted octanol–water partition coefficient (Wildman–Crippen LogP) is 3.22. The zero-order chi connectivity index (χ0) is 14.7. The van der Waals surface area contributed by atoms with E-state index < -0.39 is 12.0 Å². The molecule has 2 aromatic carbocycles. The maximum absolute atomic E-state index is 13.9. The topological polar surface area (TPSA) is 46.2 Å². The average Bonchev–Trinajstić information content (AvgIpc) is 2.40. The third-order valence-corrected chi connectivity index (χ3v) is 3.53. The van der Waals surface area contributed by atoms with Crippen LogP contribution in [-0.2, 0) is 0 Å². The lowest BCUT2D eigenvalue weighted by atomic mass is 9.88. The van der Waals surface area contributed by atoms with Crippen LogP contribution in [-0.4, -0.2) is 11.7 Å². The lowest BCUT2D eigenvalue weighted by molar-refractivity contribution is 0.145.